The van der Waals surface area contributed by atoms with Gasteiger partial charge in [0.2, 0.25) is 5.89 Å². The van der Waals surface area contributed by atoms with Crippen molar-refractivity contribution in [1.82, 2.24) is 15.1 Å². The van der Waals surface area contributed by atoms with Gasteiger partial charge in [-0.25, -0.2) is 0 Å². The molecule has 5 heteroatoms. The maximum absolute atomic E-state index is 5.88. The van der Waals surface area contributed by atoms with Crippen LogP contribution in [0.3, 0.4) is 0 Å². The highest BCUT2D eigenvalue weighted by Crippen LogP contribution is 2.13. The van der Waals surface area contributed by atoms with E-state index in [1.54, 1.807) is 13.1 Å². The molecule has 2 N–H and O–H groups in total. The average Bonchev–Trinajstić information content (AvgIpc) is 2.65. The minimum absolute atomic E-state index is 0.423. The molecule has 0 aliphatic rings. The van der Waals surface area contributed by atoms with Gasteiger partial charge in [-0.15, -0.1) is 0 Å². The lowest BCUT2D eigenvalue weighted by molar-refractivity contribution is 0.385. The molecule has 0 amide bonds. The van der Waals surface area contributed by atoms with Crippen molar-refractivity contribution < 1.29 is 4.52 Å². The number of hydrogen-bond acceptors (Lipinski definition) is 5. The first-order valence-corrected chi connectivity index (χ1v) is 4.24. The quantitative estimate of drug-likeness (QED) is 0.758. The Morgan fingerprint density at radius 2 is 2.29 bits per heavy atom. The monoisotopic (exact) mass is 190 g/mol. The van der Waals surface area contributed by atoms with Crippen molar-refractivity contribution >= 4 is 0 Å². The van der Waals surface area contributed by atoms with Gasteiger partial charge < -0.3 is 10.3 Å². The van der Waals surface area contributed by atoms with Gasteiger partial charge in [0, 0.05) is 13.1 Å². The van der Waals surface area contributed by atoms with E-state index in [9.17, 15) is 0 Å². The van der Waals surface area contributed by atoms with Crippen LogP contribution in [0.25, 0.3) is 0 Å². The maximum Gasteiger partial charge on any atom is 0.223 e. The van der Waals surface area contributed by atoms with Crippen LogP contribution in [-0.4, -0.2) is 15.1 Å². The van der Waals surface area contributed by atoms with Gasteiger partial charge in [0.15, 0.2) is 5.82 Å². The fourth-order valence-corrected chi connectivity index (χ4v) is 1.13. The molecule has 1 atom stereocenters. The minimum Gasteiger partial charge on any atom is -0.340 e. The molecular formula is C9H10N4O. The third kappa shape index (κ3) is 1.62. The summed E-state index contributed by atoms with van der Waals surface area (Å²) in [4.78, 5) is 8.16. The Kier molecular flexibility index (Phi) is 2.24. The first kappa shape index (κ1) is 8.83. The lowest BCUT2D eigenvalue weighted by Crippen LogP contribution is -2.14. The third-order valence-electron chi connectivity index (χ3n) is 1.83. The predicted octanol–water partition coefficient (Wildman–Crippen LogP) is 0.821. The molecule has 0 unspecified atom stereocenters. The third-order valence-corrected chi connectivity index (χ3v) is 1.83. The summed E-state index contributed by atoms with van der Waals surface area (Å²) in [7, 11) is 0. The predicted molar refractivity (Wildman–Crippen MR) is 49.3 cm³/mol. The summed E-state index contributed by atoms with van der Waals surface area (Å²) >= 11 is 0. The average molecular weight is 190 g/mol. The van der Waals surface area contributed by atoms with Crippen molar-refractivity contribution in [1.29, 1.82) is 0 Å². The zero-order valence-electron chi connectivity index (χ0n) is 7.71. The van der Waals surface area contributed by atoms with Crippen LogP contribution in [0.2, 0.25) is 0 Å². The van der Waals surface area contributed by atoms with E-state index in [0.29, 0.717) is 11.7 Å². The highest BCUT2D eigenvalue weighted by atomic mass is 16.5. The van der Waals surface area contributed by atoms with Crippen molar-refractivity contribution in [2.45, 2.75) is 13.0 Å². The molecule has 0 aliphatic carbocycles. The summed E-state index contributed by atoms with van der Waals surface area (Å²) in [5.74, 6) is 0.965. The first-order valence-electron chi connectivity index (χ1n) is 4.24. The Morgan fingerprint density at radius 1 is 1.43 bits per heavy atom. The fraction of sp³-hybridized carbons (Fsp3) is 0.222. The van der Waals surface area contributed by atoms with Gasteiger partial charge in [-0.1, -0.05) is 11.2 Å². The topological polar surface area (TPSA) is 77.8 Å². The molecule has 2 heterocycles. The summed E-state index contributed by atoms with van der Waals surface area (Å²) < 4.78 is 4.84. The summed E-state index contributed by atoms with van der Waals surface area (Å²) in [6.07, 6.45) is 1.68. The molecule has 2 rings (SSSR count). The Morgan fingerprint density at radius 3 is 2.86 bits per heavy atom. The molecular weight excluding hydrogens is 180 g/mol. The SMILES string of the molecule is Cc1nc([C@@H](N)c2ccccn2)no1. The van der Waals surface area contributed by atoms with Gasteiger partial charge in [0.25, 0.3) is 0 Å². The molecule has 14 heavy (non-hydrogen) atoms. The van der Waals surface area contributed by atoms with Gasteiger partial charge in [0.1, 0.15) is 6.04 Å². The van der Waals surface area contributed by atoms with E-state index >= 15 is 0 Å². The van der Waals surface area contributed by atoms with Gasteiger partial charge in [-0.05, 0) is 12.1 Å². The van der Waals surface area contributed by atoms with Crippen molar-refractivity contribution in [3.05, 3.63) is 41.8 Å². The highest BCUT2D eigenvalue weighted by Gasteiger charge is 2.15. The Hall–Kier alpha value is -1.75. The zero-order valence-corrected chi connectivity index (χ0v) is 7.71. The van der Waals surface area contributed by atoms with E-state index in [1.165, 1.54) is 0 Å². The standard InChI is InChI=1S/C9H10N4O/c1-6-12-9(13-14-6)8(10)7-4-2-3-5-11-7/h2-5,8H,10H2,1H3/t8-/m0/s1. The first-order chi connectivity index (χ1) is 6.77. The lowest BCUT2D eigenvalue weighted by atomic mass is 10.2. The second-order valence-electron chi connectivity index (χ2n) is 2.90. The summed E-state index contributed by atoms with van der Waals surface area (Å²) in [5.41, 5.74) is 6.61. The molecule has 0 spiro atoms. The number of rotatable bonds is 2. The van der Waals surface area contributed by atoms with E-state index in [-0.39, 0.29) is 0 Å². The second-order valence-corrected chi connectivity index (χ2v) is 2.90. The molecule has 0 saturated heterocycles. The largest absolute Gasteiger partial charge is 0.340 e. The van der Waals surface area contributed by atoms with Crippen molar-refractivity contribution in [3.8, 4) is 0 Å². The molecule has 0 bridgehead atoms. The molecule has 2 aromatic heterocycles. The number of nitrogens with zero attached hydrogens (tertiary/aromatic N) is 3. The number of pyridine rings is 1. The summed E-state index contributed by atoms with van der Waals surface area (Å²) in [5, 5.41) is 3.74. The maximum atomic E-state index is 5.88. The Labute approximate surface area is 81.0 Å². The van der Waals surface area contributed by atoms with Gasteiger partial charge in [-0.2, -0.15) is 4.98 Å². The smallest absolute Gasteiger partial charge is 0.223 e. The molecule has 0 fully saturated rings. The Bertz CT molecular complexity index is 412. The molecule has 0 saturated carbocycles. The van der Waals surface area contributed by atoms with Gasteiger partial charge >= 0.3 is 0 Å². The van der Waals surface area contributed by atoms with Crippen molar-refractivity contribution in [2.75, 3.05) is 0 Å². The van der Waals surface area contributed by atoms with Crippen molar-refractivity contribution in [3.63, 3.8) is 0 Å². The fourth-order valence-electron chi connectivity index (χ4n) is 1.13. The number of nitrogens with two attached hydrogens (primary N) is 1. The lowest BCUT2D eigenvalue weighted by Gasteiger charge is -2.04. The Balaban J connectivity index is 2.29. The highest BCUT2D eigenvalue weighted by molar-refractivity contribution is 5.15. The molecule has 0 radical (unpaired) electrons. The number of aryl methyl sites for hydroxylation is 1. The van der Waals surface area contributed by atoms with E-state index in [2.05, 4.69) is 15.1 Å². The van der Waals surface area contributed by atoms with Crippen LogP contribution < -0.4 is 5.73 Å². The number of hydrogen-bond donors (Lipinski definition) is 1. The van der Waals surface area contributed by atoms with E-state index in [4.69, 9.17) is 10.3 Å². The van der Waals surface area contributed by atoms with Crippen LogP contribution in [0.4, 0.5) is 0 Å². The molecule has 2 aromatic rings. The molecule has 0 aliphatic heterocycles. The van der Waals surface area contributed by atoms with Gasteiger partial charge in [-0.3, -0.25) is 4.98 Å². The van der Waals surface area contributed by atoms with E-state index in [1.807, 2.05) is 18.2 Å². The van der Waals surface area contributed by atoms with Crippen molar-refractivity contribution in [2.24, 2.45) is 5.73 Å². The minimum atomic E-state index is -0.423. The zero-order chi connectivity index (χ0) is 9.97. The van der Waals surface area contributed by atoms with Crippen LogP contribution in [0, 0.1) is 6.92 Å². The summed E-state index contributed by atoms with van der Waals surface area (Å²) in [6.45, 7) is 1.72. The van der Waals surface area contributed by atoms with Crippen LogP contribution in [-0.2, 0) is 0 Å². The summed E-state index contributed by atoms with van der Waals surface area (Å²) in [6, 6.07) is 5.11. The van der Waals surface area contributed by atoms with Crippen LogP contribution in [0.1, 0.15) is 23.5 Å². The molecule has 0 aromatic carbocycles. The van der Waals surface area contributed by atoms with E-state index < -0.39 is 6.04 Å². The van der Waals surface area contributed by atoms with Crippen LogP contribution in [0.15, 0.2) is 28.9 Å². The normalized spacial score (nSPS) is 12.7. The number of aromatic nitrogens is 3. The van der Waals surface area contributed by atoms with E-state index in [0.717, 1.165) is 5.69 Å². The van der Waals surface area contributed by atoms with Gasteiger partial charge in [0.05, 0.1) is 5.69 Å². The second kappa shape index (κ2) is 3.55. The van der Waals surface area contributed by atoms with Crippen LogP contribution in [0.5, 0.6) is 0 Å². The van der Waals surface area contributed by atoms with Crippen LogP contribution >= 0.6 is 0 Å². The molecule has 72 valence electrons. The molecule has 5 nitrogen and oxygen atoms in total.